The summed E-state index contributed by atoms with van der Waals surface area (Å²) in [6.07, 6.45) is 0.479. The molecule has 1 N–H and O–H groups in total. The topological polar surface area (TPSA) is 69.4 Å². The van der Waals surface area contributed by atoms with E-state index in [1.807, 2.05) is 28.9 Å². The maximum absolute atomic E-state index is 9.15. The Morgan fingerprint density at radius 2 is 1.77 bits per heavy atom. The molecule has 0 aliphatic heterocycles. The van der Waals surface area contributed by atoms with Crippen LogP contribution in [0.15, 0.2) is 24.3 Å². The molecule has 0 saturated heterocycles. The molecule has 0 atom stereocenters. The molecule has 22 heavy (non-hydrogen) atoms. The van der Waals surface area contributed by atoms with E-state index in [-0.39, 0.29) is 18.8 Å². The van der Waals surface area contributed by atoms with E-state index in [1.54, 1.807) is 7.11 Å². The van der Waals surface area contributed by atoms with Crippen molar-refractivity contribution < 1.29 is 14.6 Å². The van der Waals surface area contributed by atoms with Gasteiger partial charge in [-0.05, 0) is 45.0 Å². The number of aliphatic hydroxyl groups is 1. The van der Waals surface area contributed by atoms with E-state index >= 15 is 0 Å². The Morgan fingerprint density at radius 1 is 1.14 bits per heavy atom. The van der Waals surface area contributed by atoms with Gasteiger partial charge in [-0.25, -0.2) is 9.67 Å². The second-order valence-corrected chi connectivity index (χ2v) is 5.96. The first kappa shape index (κ1) is 16.3. The molecule has 0 radical (unpaired) electrons. The number of aromatic nitrogens is 3. The highest BCUT2D eigenvalue weighted by atomic mass is 16.5. The number of methoxy groups -OCH3 is 1. The van der Waals surface area contributed by atoms with Crippen LogP contribution in [0.25, 0.3) is 0 Å². The van der Waals surface area contributed by atoms with Gasteiger partial charge in [-0.15, -0.1) is 0 Å². The molecule has 120 valence electrons. The first-order valence-electron chi connectivity index (χ1n) is 7.27. The fourth-order valence-corrected chi connectivity index (χ4v) is 2.07. The van der Waals surface area contributed by atoms with Crippen molar-refractivity contribution in [1.82, 2.24) is 14.8 Å². The summed E-state index contributed by atoms with van der Waals surface area (Å²) >= 11 is 0. The minimum Gasteiger partial charge on any atom is -0.497 e. The summed E-state index contributed by atoms with van der Waals surface area (Å²) in [5.74, 6) is 2.89. The number of hydrogen-bond acceptors (Lipinski definition) is 5. The smallest absolute Gasteiger partial charge is 0.188 e. The molecule has 2 aromatic rings. The number of ether oxygens (including phenoxy) is 2. The van der Waals surface area contributed by atoms with Crippen LogP contribution in [0.4, 0.5) is 0 Å². The van der Waals surface area contributed by atoms with Crippen LogP contribution in [-0.4, -0.2) is 33.6 Å². The van der Waals surface area contributed by atoms with E-state index in [0.29, 0.717) is 12.2 Å². The Morgan fingerprint density at radius 3 is 2.32 bits per heavy atom. The van der Waals surface area contributed by atoms with Gasteiger partial charge in [0.15, 0.2) is 5.82 Å². The molecule has 1 aromatic carbocycles. The number of aliphatic hydroxyl groups excluding tert-OH is 1. The van der Waals surface area contributed by atoms with Crippen LogP contribution in [0.1, 0.15) is 32.4 Å². The van der Waals surface area contributed by atoms with Crippen molar-refractivity contribution in [1.29, 1.82) is 0 Å². The standard InChI is InChI=1S/C16H23N3O3/c1-16(2,3)19-15(9-10-20)17-14(18-19)11-22-13-7-5-12(21-4)6-8-13/h5-8,20H,9-11H2,1-4H3. The first-order chi connectivity index (χ1) is 10.4. The molecule has 0 saturated carbocycles. The van der Waals surface area contributed by atoms with Gasteiger partial charge in [0.1, 0.15) is 23.9 Å². The molecule has 0 unspecified atom stereocenters. The summed E-state index contributed by atoms with van der Waals surface area (Å²) in [5.41, 5.74) is -0.185. The maximum atomic E-state index is 9.15. The van der Waals surface area contributed by atoms with Gasteiger partial charge in [-0.3, -0.25) is 0 Å². The first-order valence-corrected chi connectivity index (χ1v) is 7.27. The molecule has 0 aliphatic rings. The van der Waals surface area contributed by atoms with Gasteiger partial charge in [0.2, 0.25) is 0 Å². The van der Waals surface area contributed by atoms with Crippen molar-refractivity contribution >= 4 is 0 Å². The molecule has 1 aromatic heterocycles. The van der Waals surface area contributed by atoms with E-state index < -0.39 is 0 Å². The van der Waals surface area contributed by atoms with Gasteiger partial charge in [-0.1, -0.05) is 0 Å². The maximum Gasteiger partial charge on any atom is 0.188 e. The van der Waals surface area contributed by atoms with Gasteiger partial charge in [0.05, 0.1) is 19.3 Å². The number of rotatable bonds is 6. The molecule has 0 fully saturated rings. The highest BCUT2D eigenvalue weighted by molar-refractivity contribution is 5.31. The fraction of sp³-hybridized carbons (Fsp3) is 0.500. The number of benzene rings is 1. The van der Waals surface area contributed by atoms with Gasteiger partial charge in [-0.2, -0.15) is 5.10 Å². The zero-order valence-corrected chi connectivity index (χ0v) is 13.5. The van der Waals surface area contributed by atoms with Crippen LogP contribution in [0.3, 0.4) is 0 Å². The van der Waals surface area contributed by atoms with Gasteiger partial charge < -0.3 is 14.6 Å². The SMILES string of the molecule is COc1ccc(OCc2nc(CCO)n(C(C)(C)C)n2)cc1. The lowest BCUT2D eigenvalue weighted by atomic mass is 10.1. The van der Waals surface area contributed by atoms with Crippen molar-refractivity contribution in [2.45, 2.75) is 39.3 Å². The van der Waals surface area contributed by atoms with E-state index in [2.05, 4.69) is 30.9 Å². The fourth-order valence-electron chi connectivity index (χ4n) is 2.07. The minimum atomic E-state index is -0.185. The lowest BCUT2D eigenvalue weighted by Gasteiger charge is -2.20. The van der Waals surface area contributed by atoms with Crippen LogP contribution in [-0.2, 0) is 18.6 Å². The average molecular weight is 305 g/mol. The Hall–Kier alpha value is -2.08. The molecule has 0 aliphatic carbocycles. The zero-order chi connectivity index (χ0) is 16.2. The van der Waals surface area contributed by atoms with Gasteiger partial charge in [0, 0.05) is 6.42 Å². The zero-order valence-electron chi connectivity index (χ0n) is 13.5. The highest BCUT2D eigenvalue weighted by Crippen LogP contribution is 2.19. The Kier molecular flexibility index (Phi) is 5.03. The molecular formula is C16H23N3O3. The summed E-state index contributed by atoms with van der Waals surface area (Å²) in [6.45, 7) is 6.49. The van der Waals surface area contributed by atoms with Crippen LogP contribution >= 0.6 is 0 Å². The molecular weight excluding hydrogens is 282 g/mol. The molecule has 1 heterocycles. The summed E-state index contributed by atoms with van der Waals surface area (Å²) in [5, 5.41) is 13.6. The average Bonchev–Trinajstić information content (AvgIpc) is 2.89. The second-order valence-electron chi connectivity index (χ2n) is 5.96. The minimum absolute atomic E-state index is 0.0492. The molecule has 6 heteroatoms. The molecule has 6 nitrogen and oxygen atoms in total. The van der Waals surface area contributed by atoms with Crippen LogP contribution < -0.4 is 9.47 Å². The summed E-state index contributed by atoms with van der Waals surface area (Å²) < 4.78 is 12.6. The molecule has 0 bridgehead atoms. The largest absolute Gasteiger partial charge is 0.497 e. The normalized spacial score (nSPS) is 11.5. The summed E-state index contributed by atoms with van der Waals surface area (Å²) in [7, 11) is 1.63. The molecule has 2 rings (SSSR count). The van der Waals surface area contributed by atoms with E-state index in [1.165, 1.54) is 0 Å². The summed E-state index contributed by atoms with van der Waals surface area (Å²) in [4.78, 5) is 4.46. The molecule has 0 spiro atoms. The van der Waals surface area contributed by atoms with Crippen LogP contribution in [0, 0.1) is 0 Å². The van der Waals surface area contributed by atoms with Crippen molar-refractivity contribution in [2.24, 2.45) is 0 Å². The van der Waals surface area contributed by atoms with Crippen molar-refractivity contribution in [3.05, 3.63) is 35.9 Å². The third-order valence-electron chi connectivity index (χ3n) is 3.12. The van der Waals surface area contributed by atoms with Crippen LogP contribution in [0.2, 0.25) is 0 Å². The van der Waals surface area contributed by atoms with Crippen molar-refractivity contribution in [3.8, 4) is 11.5 Å². The Bertz CT molecular complexity index is 600. The van der Waals surface area contributed by atoms with Gasteiger partial charge >= 0.3 is 0 Å². The predicted molar refractivity (Wildman–Crippen MR) is 83.1 cm³/mol. The molecule has 0 amide bonds. The lowest BCUT2D eigenvalue weighted by molar-refractivity contribution is 0.278. The Labute approximate surface area is 130 Å². The number of nitrogens with zero attached hydrogens (tertiary/aromatic N) is 3. The van der Waals surface area contributed by atoms with Crippen molar-refractivity contribution in [2.75, 3.05) is 13.7 Å². The summed E-state index contributed by atoms with van der Waals surface area (Å²) in [6, 6.07) is 7.36. The highest BCUT2D eigenvalue weighted by Gasteiger charge is 2.20. The Balaban J connectivity index is 2.09. The predicted octanol–water partition coefficient (Wildman–Crippen LogP) is 2.16. The van der Waals surface area contributed by atoms with Gasteiger partial charge in [0.25, 0.3) is 0 Å². The van der Waals surface area contributed by atoms with E-state index in [4.69, 9.17) is 14.6 Å². The monoisotopic (exact) mass is 305 g/mol. The number of hydrogen-bond donors (Lipinski definition) is 1. The van der Waals surface area contributed by atoms with E-state index in [0.717, 1.165) is 17.3 Å². The third-order valence-corrected chi connectivity index (χ3v) is 3.12. The third kappa shape index (κ3) is 3.98. The van der Waals surface area contributed by atoms with Crippen molar-refractivity contribution in [3.63, 3.8) is 0 Å². The second kappa shape index (κ2) is 6.79. The van der Waals surface area contributed by atoms with E-state index in [9.17, 15) is 0 Å². The van der Waals surface area contributed by atoms with Crippen LogP contribution in [0.5, 0.6) is 11.5 Å². The lowest BCUT2D eigenvalue weighted by Crippen LogP contribution is -2.26. The quantitative estimate of drug-likeness (QED) is 0.885.